The number of unbranched alkanes of at least 4 members (excludes halogenated alkanes) is 1. The fourth-order valence-corrected chi connectivity index (χ4v) is 1.16. The van der Waals surface area contributed by atoms with Gasteiger partial charge in [-0.25, -0.2) is 0 Å². The van der Waals surface area contributed by atoms with E-state index >= 15 is 0 Å². The number of aromatic hydroxyl groups is 1. The zero-order valence-electron chi connectivity index (χ0n) is 8.36. The number of hydrogen-bond acceptors (Lipinski definition) is 3. The molecule has 0 radical (unpaired) electrons. The fourth-order valence-electron chi connectivity index (χ4n) is 1.16. The highest BCUT2D eigenvalue weighted by Crippen LogP contribution is 2.25. The quantitative estimate of drug-likeness (QED) is 0.706. The fraction of sp³-hybridized carbons (Fsp3) is 0.455. The average molecular weight is 196 g/mol. The van der Waals surface area contributed by atoms with Crippen molar-refractivity contribution in [3.63, 3.8) is 0 Å². The van der Waals surface area contributed by atoms with E-state index in [-0.39, 0.29) is 12.4 Å². The molecule has 3 heteroatoms. The Hall–Kier alpha value is -1.22. The third kappa shape index (κ3) is 2.92. The Labute approximate surface area is 84.0 Å². The largest absolute Gasteiger partial charge is 0.508 e. The summed E-state index contributed by atoms with van der Waals surface area (Å²) in [5, 5.41) is 17.9. The van der Waals surface area contributed by atoms with Gasteiger partial charge < -0.3 is 14.9 Å². The van der Waals surface area contributed by atoms with E-state index in [1.165, 1.54) is 0 Å². The average Bonchev–Trinajstić information content (AvgIpc) is 2.19. The van der Waals surface area contributed by atoms with Crippen molar-refractivity contribution >= 4 is 0 Å². The van der Waals surface area contributed by atoms with Gasteiger partial charge in [0.25, 0.3) is 0 Å². The van der Waals surface area contributed by atoms with Gasteiger partial charge in [0, 0.05) is 12.2 Å². The highest BCUT2D eigenvalue weighted by Gasteiger charge is 2.02. The number of ether oxygens (including phenoxy) is 1. The zero-order valence-corrected chi connectivity index (χ0v) is 8.36. The molecule has 1 rings (SSSR count). The second kappa shape index (κ2) is 5.50. The monoisotopic (exact) mass is 196 g/mol. The van der Waals surface area contributed by atoms with Crippen LogP contribution in [0.5, 0.6) is 11.5 Å². The van der Waals surface area contributed by atoms with Gasteiger partial charge in [0.1, 0.15) is 11.5 Å². The van der Waals surface area contributed by atoms with Crippen molar-refractivity contribution in [2.24, 2.45) is 0 Å². The number of aliphatic hydroxyl groups is 1. The molecule has 0 heterocycles. The Kier molecular flexibility index (Phi) is 4.26. The Morgan fingerprint density at radius 3 is 2.79 bits per heavy atom. The molecule has 0 fully saturated rings. The van der Waals surface area contributed by atoms with E-state index in [1.54, 1.807) is 12.1 Å². The molecule has 0 aliphatic heterocycles. The molecule has 0 aromatic heterocycles. The summed E-state index contributed by atoms with van der Waals surface area (Å²) in [5.74, 6) is 0.965. The first kappa shape index (κ1) is 10.9. The van der Waals surface area contributed by atoms with Crippen molar-refractivity contribution in [1.29, 1.82) is 0 Å². The Morgan fingerprint density at radius 2 is 2.07 bits per heavy atom. The third-order valence-corrected chi connectivity index (χ3v) is 2.07. The number of phenolic OH excluding ortho intramolecular Hbond substituents is 1. The Bertz CT molecular complexity index is 284. The number of aliphatic hydroxyl groups excluding tert-OH is 1. The lowest BCUT2D eigenvalue weighted by Crippen LogP contribution is -1.99. The molecule has 0 amide bonds. The lowest BCUT2D eigenvalue weighted by molar-refractivity contribution is 0.252. The second-order valence-corrected chi connectivity index (χ2v) is 3.18. The maximum atomic E-state index is 9.38. The minimum Gasteiger partial charge on any atom is -0.508 e. The molecule has 0 spiro atoms. The summed E-state index contributed by atoms with van der Waals surface area (Å²) in [6.07, 6.45) is 1.57. The summed E-state index contributed by atoms with van der Waals surface area (Å²) in [6, 6.07) is 5.22. The summed E-state index contributed by atoms with van der Waals surface area (Å²) >= 11 is 0. The van der Waals surface area contributed by atoms with E-state index in [0.717, 1.165) is 18.4 Å². The Morgan fingerprint density at radius 1 is 1.29 bits per heavy atom. The molecule has 3 nitrogen and oxygen atoms in total. The van der Waals surface area contributed by atoms with Gasteiger partial charge in [0.2, 0.25) is 0 Å². The van der Waals surface area contributed by atoms with Gasteiger partial charge in [-0.2, -0.15) is 0 Å². The van der Waals surface area contributed by atoms with Gasteiger partial charge in [-0.05, 0) is 31.9 Å². The van der Waals surface area contributed by atoms with E-state index in [0.29, 0.717) is 12.4 Å². The summed E-state index contributed by atoms with van der Waals surface area (Å²) < 4.78 is 5.45. The van der Waals surface area contributed by atoms with Gasteiger partial charge in [0.15, 0.2) is 0 Å². The lowest BCUT2D eigenvalue weighted by atomic mass is 10.2. The van der Waals surface area contributed by atoms with Crippen LogP contribution in [-0.2, 0) is 0 Å². The summed E-state index contributed by atoms with van der Waals surface area (Å²) in [5.41, 5.74) is 0.761. The van der Waals surface area contributed by atoms with Crippen LogP contribution in [0.2, 0.25) is 0 Å². The first-order valence-corrected chi connectivity index (χ1v) is 4.78. The molecule has 78 valence electrons. The van der Waals surface area contributed by atoms with Crippen LogP contribution in [0.1, 0.15) is 18.4 Å². The van der Waals surface area contributed by atoms with Crippen LogP contribution in [0.15, 0.2) is 18.2 Å². The first-order valence-electron chi connectivity index (χ1n) is 4.78. The molecule has 0 aliphatic carbocycles. The standard InChI is InChI=1S/C11H16O3/c1-9-10(13)5-4-6-11(9)14-8-3-2-7-12/h4-6,12-13H,2-3,7-8H2,1H3. The highest BCUT2D eigenvalue weighted by atomic mass is 16.5. The van der Waals surface area contributed by atoms with Gasteiger partial charge >= 0.3 is 0 Å². The normalized spacial score (nSPS) is 10.1. The van der Waals surface area contributed by atoms with E-state index in [4.69, 9.17) is 9.84 Å². The van der Waals surface area contributed by atoms with Crippen LogP contribution in [0.4, 0.5) is 0 Å². The highest BCUT2D eigenvalue weighted by molar-refractivity contribution is 5.42. The molecule has 0 bridgehead atoms. The zero-order chi connectivity index (χ0) is 10.4. The van der Waals surface area contributed by atoms with Gasteiger partial charge in [-0.1, -0.05) is 6.07 Å². The molecule has 2 N–H and O–H groups in total. The molecular formula is C11H16O3. The van der Waals surface area contributed by atoms with E-state index < -0.39 is 0 Å². The third-order valence-electron chi connectivity index (χ3n) is 2.07. The topological polar surface area (TPSA) is 49.7 Å². The van der Waals surface area contributed by atoms with Crippen molar-refractivity contribution in [3.8, 4) is 11.5 Å². The number of rotatable bonds is 5. The number of phenols is 1. The molecule has 1 aromatic carbocycles. The molecular weight excluding hydrogens is 180 g/mol. The number of hydrogen-bond donors (Lipinski definition) is 2. The van der Waals surface area contributed by atoms with Crippen molar-refractivity contribution in [1.82, 2.24) is 0 Å². The maximum absolute atomic E-state index is 9.38. The number of benzene rings is 1. The second-order valence-electron chi connectivity index (χ2n) is 3.18. The minimum atomic E-state index is 0.197. The predicted octanol–water partition coefficient (Wildman–Crippen LogP) is 1.85. The van der Waals surface area contributed by atoms with Crippen molar-refractivity contribution in [2.45, 2.75) is 19.8 Å². The first-order chi connectivity index (χ1) is 6.75. The van der Waals surface area contributed by atoms with Crippen LogP contribution >= 0.6 is 0 Å². The molecule has 1 aromatic rings. The van der Waals surface area contributed by atoms with Gasteiger partial charge in [-0.15, -0.1) is 0 Å². The smallest absolute Gasteiger partial charge is 0.125 e. The molecule has 0 atom stereocenters. The summed E-state index contributed by atoms with van der Waals surface area (Å²) in [4.78, 5) is 0. The lowest BCUT2D eigenvalue weighted by Gasteiger charge is -2.09. The van der Waals surface area contributed by atoms with E-state index in [1.807, 2.05) is 13.0 Å². The maximum Gasteiger partial charge on any atom is 0.125 e. The summed E-state index contributed by atoms with van der Waals surface area (Å²) in [6.45, 7) is 2.59. The molecule has 14 heavy (non-hydrogen) atoms. The molecule has 0 aliphatic rings. The van der Waals surface area contributed by atoms with E-state index in [9.17, 15) is 5.11 Å². The van der Waals surface area contributed by atoms with Crippen LogP contribution in [-0.4, -0.2) is 23.4 Å². The van der Waals surface area contributed by atoms with Crippen molar-refractivity contribution in [2.75, 3.05) is 13.2 Å². The van der Waals surface area contributed by atoms with Gasteiger partial charge in [-0.3, -0.25) is 0 Å². The predicted molar refractivity (Wildman–Crippen MR) is 54.7 cm³/mol. The van der Waals surface area contributed by atoms with Crippen LogP contribution < -0.4 is 4.74 Å². The molecule has 0 saturated heterocycles. The van der Waals surface area contributed by atoms with Crippen LogP contribution in [0.3, 0.4) is 0 Å². The molecule has 0 unspecified atom stereocenters. The van der Waals surface area contributed by atoms with Crippen molar-refractivity contribution in [3.05, 3.63) is 23.8 Å². The summed E-state index contributed by atoms with van der Waals surface area (Å²) in [7, 11) is 0. The van der Waals surface area contributed by atoms with Crippen LogP contribution in [0, 0.1) is 6.92 Å². The minimum absolute atomic E-state index is 0.197. The van der Waals surface area contributed by atoms with Crippen LogP contribution in [0.25, 0.3) is 0 Å². The van der Waals surface area contributed by atoms with E-state index in [2.05, 4.69) is 0 Å². The van der Waals surface area contributed by atoms with Crippen molar-refractivity contribution < 1.29 is 14.9 Å². The van der Waals surface area contributed by atoms with Gasteiger partial charge in [0.05, 0.1) is 6.61 Å². The SMILES string of the molecule is Cc1c(O)cccc1OCCCCO. The Balaban J connectivity index is 2.46. The molecule has 0 saturated carbocycles.